The van der Waals surface area contributed by atoms with Gasteiger partial charge in [-0.3, -0.25) is 19.2 Å². The van der Waals surface area contributed by atoms with Gasteiger partial charge in [-0.1, -0.05) is 130 Å². The van der Waals surface area contributed by atoms with Gasteiger partial charge in [0.2, 0.25) is 5.91 Å². The first-order chi connectivity index (χ1) is 31.0. The Kier molecular flexibility index (Phi) is 21.2. The van der Waals surface area contributed by atoms with Crippen LogP contribution in [0.3, 0.4) is 0 Å². The summed E-state index contributed by atoms with van der Waals surface area (Å²) in [6.45, 7) is 8.21. The Labute approximate surface area is 377 Å². The molecule has 1 heterocycles. The molecule has 0 radical (unpaired) electrons. The molecule has 2 fully saturated rings. The Hall–Kier alpha value is -4.70. The van der Waals surface area contributed by atoms with Crippen molar-refractivity contribution in [3.05, 3.63) is 108 Å². The molecular weight excluding hydrogens is 823 g/mol. The number of esters is 3. The van der Waals surface area contributed by atoms with Gasteiger partial charge in [0, 0.05) is 40.2 Å². The summed E-state index contributed by atoms with van der Waals surface area (Å²) < 4.78 is 57.8. The Balaban J connectivity index is 1.55. The van der Waals surface area contributed by atoms with Crippen molar-refractivity contribution in [1.29, 1.82) is 0 Å². The minimum atomic E-state index is -1.14. The smallest absolute Gasteiger partial charge is 0.303 e. The normalized spacial score (nSPS) is 25.5. The van der Waals surface area contributed by atoms with Crippen molar-refractivity contribution in [3.63, 3.8) is 0 Å². The van der Waals surface area contributed by atoms with E-state index in [0.29, 0.717) is 6.61 Å². The van der Waals surface area contributed by atoms with Crippen LogP contribution < -0.4 is 5.32 Å². The highest BCUT2D eigenvalue weighted by molar-refractivity contribution is 5.73. The van der Waals surface area contributed by atoms with E-state index < -0.39 is 78.9 Å². The SMILES string of the molecule is CCCCCCCCO[C@@H]1O[C@H](COCc2ccccc2)[C@@H](O[C@@H]2C[C@H](COC(C)=O)[C@H](OC(C)=O)[C@H](OCc3ccccc3)[C@H]2OC(C)=O)[C@H](OCc2ccccc2)[C@H]1NC(C)=O. The fraction of sp³-hybridized carbons (Fsp3) is 0.560. The number of carbonyl (C=O) groups excluding carboxylic acids is 4. The average Bonchev–Trinajstić information content (AvgIpc) is 3.27. The quantitative estimate of drug-likeness (QED) is 0.0518. The van der Waals surface area contributed by atoms with Crippen LogP contribution in [0.5, 0.6) is 0 Å². The zero-order chi connectivity index (χ0) is 45.7. The van der Waals surface area contributed by atoms with Crippen LogP contribution in [-0.2, 0) is 81.6 Å². The first-order valence-corrected chi connectivity index (χ1v) is 22.6. The number of amides is 1. The number of nitrogens with one attached hydrogen (secondary N) is 1. The van der Waals surface area contributed by atoms with E-state index in [1.165, 1.54) is 34.1 Å². The van der Waals surface area contributed by atoms with Gasteiger partial charge in [-0.25, -0.2) is 0 Å². The first kappa shape index (κ1) is 50.3. The third-order valence-electron chi connectivity index (χ3n) is 11.2. The molecule has 64 heavy (non-hydrogen) atoms. The van der Waals surface area contributed by atoms with Gasteiger partial charge in [-0.05, 0) is 29.5 Å². The molecule has 3 aromatic rings. The highest BCUT2D eigenvalue weighted by atomic mass is 16.7. The topological polar surface area (TPSA) is 163 Å². The van der Waals surface area contributed by atoms with Gasteiger partial charge in [-0.15, -0.1) is 0 Å². The van der Waals surface area contributed by atoms with E-state index in [-0.39, 0.29) is 45.4 Å². The van der Waals surface area contributed by atoms with Gasteiger partial charge >= 0.3 is 17.9 Å². The van der Waals surface area contributed by atoms with Crippen molar-refractivity contribution in [1.82, 2.24) is 5.32 Å². The molecule has 2 aliphatic rings. The van der Waals surface area contributed by atoms with Crippen LogP contribution in [-0.4, -0.2) is 98.7 Å². The second-order valence-corrected chi connectivity index (χ2v) is 16.5. The third kappa shape index (κ3) is 16.4. The van der Waals surface area contributed by atoms with Crippen LogP contribution in [0.2, 0.25) is 0 Å². The lowest BCUT2D eigenvalue weighted by atomic mass is 9.80. The number of ether oxygens (including phenoxy) is 9. The molecule has 0 bridgehead atoms. The van der Waals surface area contributed by atoms with Gasteiger partial charge in [0.25, 0.3) is 0 Å². The average molecular weight is 890 g/mol. The molecule has 14 heteroatoms. The number of hydrogen-bond acceptors (Lipinski definition) is 13. The number of benzene rings is 3. The Morgan fingerprint density at radius 1 is 0.594 bits per heavy atom. The van der Waals surface area contributed by atoms with E-state index in [1.54, 1.807) is 0 Å². The maximum absolute atomic E-state index is 13.1. The molecule has 0 unspecified atom stereocenters. The summed E-state index contributed by atoms with van der Waals surface area (Å²) in [6, 6.07) is 27.9. The van der Waals surface area contributed by atoms with E-state index in [2.05, 4.69) is 12.2 Å². The molecule has 1 saturated carbocycles. The summed E-state index contributed by atoms with van der Waals surface area (Å²) in [5.74, 6) is -2.73. The Bertz CT molecular complexity index is 1830. The van der Waals surface area contributed by atoms with Crippen molar-refractivity contribution in [2.75, 3.05) is 19.8 Å². The molecule has 3 aromatic carbocycles. The molecule has 14 nitrogen and oxygen atoms in total. The summed E-state index contributed by atoms with van der Waals surface area (Å²) in [4.78, 5) is 51.0. The number of hydrogen-bond donors (Lipinski definition) is 1. The van der Waals surface area contributed by atoms with Gasteiger partial charge in [0.15, 0.2) is 12.4 Å². The largest absolute Gasteiger partial charge is 0.465 e. The number of carbonyl (C=O) groups is 4. The second-order valence-electron chi connectivity index (χ2n) is 16.5. The highest BCUT2D eigenvalue weighted by Gasteiger charge is 2.55. The fourth-order valence-electron chi connectivity index (χ4n) is 8.25. The predicted molar refractivity (Wildman–Crippen MR) is 236 cm³/mol. The lowest BCUT2D eigenvalue weighted by Crippen LogP contribution is -2.68. The molecule has 0 aromatic heterocycles. The van der Waals surface area contributed by atoms with Crippen molar-refractivity contribution in [2.24, 2.45) is 5.92 Å². The van der Waals surface area contributed by atoms with Gasteiger partial charge in [-0.2, -0.15) is 0 Å². The summed E-state index contributed by atoms with van der Waals surface area (Å²) in [5, 5.41) is 3.06. The minimum Gasteiger partial charge on any atom is -0.465 e. The third-order valence-corrected chi connectivity index (χ3v) is 11.2. The van der Waals surface area contributed by atoms with E-state index in [0.717, 1.165) is 48.8 Å². The summed E-state index contributed by atoms with van der Waals surface area (Å²) in [5.41, 5.74) is 2.65. The van der Waals surface area contributed by atoms with Crippen molar-refractivity contribution >= 4 is 23.8 Å². The minimum absolute atomic E-state index is 0.0280. The zero-order valence-corrected chi connectivity index (χ0v) is 37.9. The van der Waals surface area contributed by atoms with Crippen molar-refractivity contribution < 1.29 is 61.8 Å². The Morgan fingerprint density at radius 3 is 1.70 bits per heavy atom. The standard InChI is InChI=1S/C50H67NO13/c1-6-7-8-9-10-20-27-57-50-44(51-34(2)52)48(59-30-39-23-16-12-17-24-39)47(43(64-50)33-56-29-38-21-14-11-15-22-38)63-42-28-41(32-58-35(3)53)45(61-36(4)54)49(46(42)62-37(5)55)60-31-40-25-18-13-19-26-40/h11-19,21-26,41-50H,6-10,20,27-33H2,1-5H3,(H,51,52)/t41-,42-,43-,44-,45+,46+,47-,48-,49+,50-/m1/s1. The molecule has 1 amide bonds. The maximum atomic E-state index is 13.1. The molecule has 10 atom stereocenters. The lowest BCUT2D eigenvalue weighted by Gasteiger charge is -2.50. The van der Waals surface area contributed by atoms with E-state index >= 15 is 0 Å². The highest BCUT2D eigenvalue weighted by Crippen LogP contribution is 2.38. The van der Waals surface area contributed by atoms with Crippen LogP contribution in [0.15, 0.2) is 91.0 Å². The van der Waals surface area contributed by atoms with Crippen LogP contribution in [0.4, 0.5) is 0 Å². The van der Waals surface area contributed by atoms with Crippen LogP contribution >= 0.6 is 0 Å². The number of rotatable bonds is 25. The van der Waals surface area contributed by atoms with E-state index in [9.17, 15) is 19.2 Å². The maximum Gasteiger partial charge on any atom is 0.303 e. The van der Waals surface area contributed by atoms with Crippen LogP contribution in [0.1, 0.15) is 96.3 Å². The molecule has 0 spiro atoms. The second kappa shape index (κ2) is 26.9. The zero-order valence-electron chi connectivity index (χ0n) is 37.9. The van der Waals surface area contributed by atoms with E-state index in [1.807, 2.05) is 91.0 Å². The van der Waals surface area contributed by atoms with Gasteiger partial charge in [0.1, 0.15) is 36.6 Å². The monoisotopic (exact) mass is 889 g/mol. The van der Waals surface area contributed by atoms with Gasteiger partial charge in [0.05, 0.1) is 39.1 Å². The first-order valence-electron chi connectivity index (χ1n) is 22.6. The molecule has 1 N–H and O–H groups in total. The molecule has 350 valence electrons. The van der Waals surface area contributed by atoms with Gasteiger partial charge < -0.3 is 47.9 Å². The van der Waals surface area contributed by atoms with Crippen LogP contribution in [0.25, 0.3) is 0 Å². The molecule has 1 saturated heterocycles. The van der Waals surface area contributed by atoms with Crippen molar-refractivity contribution in [3.8, 4) is 0 Å². The van der Waals surface area contributed by atoms with Crippen LogP contribution in [0, 0.1) is 5.92 Å². The summed E-state index contributed by atoms with van der Waals surface area (Å²) >= 11 is 0. The molecule has 5 rings (SSSR count). The Morgan fingerprint density at radius 2 is 1.14 bits per heavy atom. The molecule has 1 aliphatic carbocycles. The summed E-state index contributed by atoms with van der Waals surface area (Å²) in [7, 11) is 0. The molecule has 1 aliphatic heterocycles. The predicted octanol–water partition coefficient (Wildman–Crippen LogP) is 7.18. The van der Waals surface area contributed by atoms with E-state index in [4.69, 9.17) is 42.6 Å². The lowest BCUT2D eigenvalue weighted by molar-refractivity contribution is -0.307. The fourth-order valence-corrected chi connectivity index (χ4v) is 8.25. The molecular formula is C50H67NO13. The number of unbranched alkanes of at least 4 members (excludes halogenated alkanes) is 5. The summed E-state index contributed by atoms with van der Waals surface area (Å²) in [6.07, 6.45) is -1.43. The van der Waals surface area contributed by atoms with Crippen molar-refractivity contribution in [2.45, 2.75) is 154 Å².